The van der Waals surface area contributed by atoms with Crippen LogP contribution in [0.4, 0.5) is 0 Å². The maximum Gasteiger partial charge on any atom is 0.287 e. The second-order valence-electron chi connectivity index (χ2n) is 6.84. The Morgan fingerprint density at radius 3 is 2.34 bits per heavy atom. The Kier molecular flexibility index (Phi) is 7.55. The van der Waals surface area contributed by atoms with E-state index in [-0.39, 0.29) is 32.7 Å². The van der Waals surface area contributed by atoms with Crippen molar-refractivity contribution in [2.75, 3.05) is 13.1 Å². The van der Waals surface area contributed by atoms with Crippen LogP contribution in [0.3, 0.4) is 0 Å². The number of sulfone groups is 1. The number of carbonyl (C=O) groups excluding carboxylic acids is 1. The van der Waals surface area contributed by atoms with E-state index in [1.165, 1.54) is 34.8 Å². The summed E-state index contributed by atoms with van der Waals surface area (Å²) >= 11 is 1.08. The number of benzene rings is 1. The number of nitrogens with one attached hydrogen (secondary N) is 1. The van der Waals surface area contributed by atoms with Crippen LogP contribution in [0, 0.1) is 0 Å². The molecule has 0 saturated carbocycles. The normalized spacial score (nSPS) is 12.2. The number of furan rings is 1. The first kappa shape index (κ1) is 24.2. The molecule has 8 nitrogen and oxygen atoms in total. The number of hydrogen-bond donors (Lipinski definition) is 1. The average Bonchev–Trinajstić information content (AvgIpc) is 3.43. The Hall–Kier alpha value is -2.47. The van der Waals surface area contributed by atoms with E-state index in [0.717, 1.165) is 11.3 Å². The van der Waals surface area contributed by atoms with Crippen molar-refractivity contribution < 1.29 is 26.0 Å². The molecule has 1 aromatic carbocycles. The van der Waals surface area contributed by atoms with Crippen LogP contribution in [0.5, 0.6) is 0 Å². The summed E-state index contributed by atoms with van der Waals surface area (Å²) in [5.74, 6) is -1.03. The van der Waals surface area contributed by atoms with Gasteiger partial charge >= 0.3 is 0 Å². The molecule has 172 valence electrons. The SMILES string of the molecule is CCN(CC)S(=O)(=O)c1ccc(CNC(=O)c2occc2CS(=O)(=O)c2ccccc2)s1. The average molecular weight is 497 g/mol. The zero-order chi connectivity index (χ0) is 23.4. The molecule has 1 N–H and O–H groups in total. The van der Waals surface area contributed by atoms with Gasteiger partial charge < -0.3 is 9.73 Å². The van der Waals surface area contributed by atoms with E-state index >= 15 is 0 Å². The third-order valence-electron chi connectivity index (χ3n) is 4.76. The molecular formula is C21H24N2O6S3. The molecule has 32 heavy (non-hydrogen) atoms. The molecule has 0 atom stereocenters. The molecule has 3 rings (SSSR count). The lowest BCUT2D eigenvalue weighted by atomic mass is 10.2. The van der Waals surface area contributed by atoms with E-state index in [2.05, 4.69) is 5.32 Å². The van der Waals surface area contributed by atoms with Crippen molar-refractivity contribution in [3.8, 4) is 0 Å². The minimum Gasteiger partial charge on any atom is -0.459 e. The molecule has 0 aliphatic rings. The smallest absolute Gasteiger partial charge is 0.287 e. The molecule has 0 fully saturated rings. The highest BCUT2D eigenvalue weighted by Gasteiger charge is 2.25. The molecule has 3 aromatic rings. The zero-order valence-electron chi connectivity index (χ0n) is 17.6. The lowest BCUT2D eigenvalue weighted by molar-refractivity contribution is 0.0922. The van der Waals surface area contributed by atoms with Gasteiger partial charge in [-0.05, 0) is 30.3 Å². The van der Waals surface area contributed by atoms with Crippen LogP contribution in [0.1, 0.15) is 34.8 Å². The van der Waals surface area contributed by atoms with Crippen LogP contribution in [-0.2, 0) is 32.2 Å². The maximum absolute atomic E-state index is 12.6. The minimum absolute atomic E-state index is 0.0861. The molecule has 0 aliphatic carbocycles. The Morgan fingerprint density at radius 1 is 1.00 bits per heavy atom. The summed E-state index contributed by atoms with van der Waals surface area (Å²) in [6.07, 6.45) is 1.27. The molecule has 0 radical (unpaired) electrons. The first-order valence-electron chi connectivity index (χ1n) is 9.90. The second kappa shape index (κ2) is 9.99. The van der Waals surface area contributed by atoms with Crippen LogP contribution in [-0.4, -0.2) is 40.1 Å². The van der Waals surface area contributed by atoms with Crippen molar-refractivity contribution in [2.45, 2.75) is 35.2 Å². The molecule has 0 unspecified atom stereocenters. The van der Waals surface area contributed by atoms with Gasteiger partial charge in [0, 0.05) is 23.5 Å². The summed E-state index contributed by atoms with van der Waals surface area (Å²) in [5.41, 5.74) is 0.252. The summed E-state index contributed by atoms with van der Waals surface area (Å²) < 4.78 is 57.3. The van der Waals surface area contributed by atoms with Crippen LogP contribution in [0.2, 0.25) is 0 Å². The molecule has 2 aromatic heterocycles. The van der Waals surface area contributed by atoms with Crippen molar-refractivity contribution in [1.29, 1.82) is 0 Å². The molecule has 0 saturated heterocycles. The van der Waals surface area contributed by atoms with Crippen molar-refractivity contribution in [2.24, 2.45) is 0 Å². The van der Waals surface area contributed by atoms with Gasteiger partial charge in [-0.2, -0.15) is 4.31 Å². The first-order chi connectivity index (χ1) is 15.2. The molecular weight excluding hydrogens is 472 g/mol. The lowest BCUT2D eigenvalue weighted by Gasteiger charge is -2.16. The fraction of sp³-hybridized carbons (Fsp3) is 0.286. The second-order valence-corrected chi connectivity index (χ2v) is 12.2. The highest BCUT2D eigenvalue weighted by molar-refractivity contribution is 7.91. The number of nitrogens with zero attached hydrogens (tertiary/aromatic N) is 1. The van der Waals surface area contributed by atoms with Crippen LogP contribution >= 0.6 is 11.3 Å². The van der Waals surface area contributed by atoms with E-state index in [1.807, 2.05) is 0 Å². The molecule has 1 amide bonds. The number of carbonyl (C=O) groups is 1. The standard InChI is InChI=1S/C21H24N2O6S3/c1-3-23(4-2)32(27,28)19-11-10-17(30-19)14-22-21(24)20-16(12-13-29-20)15-31(25,26)18-8-6-5-7-9-18/h5-13H,3-4,14-15H2,1-2H3,(H,22,24). The third-order valence-corrected chi connectivity index (χ3v) is 10.0. The summed E-state index contributed by atoms with van der Waals surface area (Å²) in [7, 11) is -7.20. The van der Waals surface area contributed by atoms with Gasteiger partial charge in [-0.15, -0.1) is 11.3 Å². The fourth-order valence-corrected chi connectivity index (χ4v) is 7.38. The summed E-state index contributed by atoms with van der Waals surface area (Å²) in [5, 5.41) is 2.66. The van der Waals surface area contributed by atoms with Crippen molar-refractivity contribution >= 4 is 37.1 Å². The Balaban J connectivity index is 1.69. The fourth-order valence-electron chi connectivity index (χ4n) is 3.09. The van der Waals surface area contributed by atoms with Crippen molar-refractivity contribution in [3.63, 3.8) is 0 Å². The summed E-state index contributed by atoms with van der Waals surface area (Å²) in [6, 6.07) is 12.6. The monoisotopic (exact) mass is 496 g/mol. The highest BCUT2D eigenvalue weighted by Crippen LogP contribution is 2.25. The minimum atomic E-state index is -3.64. The van der Waals surface area contributed by atoms with Gasteiger partial charge in [0.1, 0.15) is 4.21 Å². The Bertz CT molecular complexity index is 1270. The van der Waals surface area contributed by atoms with E-state index < -0.39 is 25.8 Å². The Morgan fingerprint density at radius 2 is 1.69 bits per heavy atom. The topological polar surface area (TPSA) is 114 Å². The quantitative estimate of drug-likeness (QED) is 0.461. The van der Waals surface area contributed by atoms with E-state index in [9.17, 15) is 21.6 Å². The van der Waals surface area contributed by atoms with Gasteiger partial charge in [0.25, 0.3) is 15.9 Å². The third kappa shape index (κ3) is 5.29. The number of rotatable bonds is 10. The predicted molar refractivity (Wildman–Crippen MR) is 122 cm³/mol. The number of thiophene rings is 1. The zero-order valence-corrected chi connectivity index (χ0v) is 20.1. The summed E-state index contributed by atoms with van der Waals surface area (Å²) in [6.45, 7) is 4.37. The number of amides is 1. The molecule has 11 heteroatoms. The highest BCUT2D eigenvalue weighted by atomic mass is 32.2. The first-order valence-corrected chi connectivity index (χ1v) is 13.8. The molecule has 0 aliphatic heterocycles. The van der Waals surface area contributed by atoms with Gasteiger partial charge in [-0.25, -0.2) is 16.8 Å². The van der Waals surface area contributed by atoms with Crippen molar-refractivity contribution in [3.05, 3.63) is 71.0 Å². The largest absolute Gasteiger partial charge is 0.459 e. The van der Waals surface area contributed by atoms with E-state index in [4.69, 9.17) is 4.42 Å². The number of hydrogen-bond acceptors (Lipinski definition) is 7. The molecule has 0 spiro atoms. The van der Waals surface area contributed by atoms with Gasteiger partial charge in [0.2, 0.25) is 0 Å². The molecule has 2 heterocycles. The van der Waals surface area contributed by atoms with Crippen LogP contribution in [0.25, 0.3) is 0 Å². The van der Waals surface area contributed by atoms with Gasteiger partial charge in [0.05, 0.1) is 23.5 Å². The van der Waals surface area contributed by atoms with Crippen LogP contribution in [0.15, 0.2) is 68.3 Å². The van der Waals surface area contributed by atoms with Gasteiger partial charge in [0.15, 0.2) is 15.6 Å². The van der Waals surface area contributed by atoms with Crippen molar-refractivity contribution in [1.82, 2.24) is 9.62 Å². The Labute approximate surface area is 191 Å². The number of sulfonamides is 1. The van der Waals surface area contributed by atoms with Gasteiger partial charge in [-0.1, -0.05) is 32.0 Å². The van der Waals surface area contributed by atoms with E-state index in [0.29, 0.717) is 18.0 Å². The lowest BCUT2D eigenvalue weighted by Crippen LogP contribution is -2.30. The summed E-state index contributed by atoms with van der Waals surface area (Å²) in [4.78, 5) is 13.4. The van der Waals surface area contributed by atoms with Gasteiger partial charge in [-0.3, -0.25) is 4.79 Å². The van der Waals surface area contributed by atoms with Crippen LogP contribution < -0.4 is 5.32 Å². The van der Waals surface area contributed by atoms with E-state index in [1.54, 1.807) is 38.1 Å². The maximum atomic E-state index is 12.6. The molecule has 0 bridgehead atoms. The predicted octanol–water partition coefficient (Wildman–Crippen LogP) is 3.28.